The Balaban J connectivity index is 1.43. The Morgan fingerprint density at radius 1 is 1.15 bits per heavy atom. The molecule has 27 heavy (non-hydrogen) atoms. The van der Waals surface area contributed by atoms with Crippen LogP contribution >= 0.6 is 11.8 Å². The van der Waals surface area contributed by atoms with Gasteiger partial charge in [-0.3, -0.25) is 9.36 Å². The summed E-state index contributed by atoms with van der Waals surface area (Å²) in [4.78, 5) is 14.4. The normalized spacial score (nSPS) is 17.2. The molecule has 9 heteroatoms. The number of rotatable bonds is 6. The molecule has 1 amide bonds. The van der Waals surface area contributed by atoms with Crippen LogP contribution < -0.4 is 10.2 Å². The maximum Gasteiger partial charge on any atom is 0.235 e. The molecule has 144 valence electrons. The van der Waals surface area contributed by atoms with Crippen molar-refractivity contribution in [3.8, 4) is 0 Å². The summed E-state index contributed by atoms with van der Waals surface area (Å²) in [6.45, 7) is 1.95. The number of carbonyl (C=O) groups excluding carboxylic acids is 1. The van der Waals surface area contributed by atoms with Gasteiger partial charge in [0.2, 0.25) is 11.9 Å². The summed E-state index contributed by atoms with van der Waals surface area (Å²) in [5, 5.41) is 11.6. The van der Waals surface area contributed by atoms with Gasteiger partial charge in [0.1, 0.15) is 17.3 Å². The van der Waals surface area contributed by atoms with Crippen molar-refractivity contribution >= 4 is 29.3 Å². The van der Waals surface area contributed by atoms with Gasteiger partial charge in [-0.2, -0.15) is 0 Å². The predicted octanol–water partition coefficient (Wildman–Crippen LogP) is 3.61. The number of nitrogens with one attached hydrogen (secondary N) is 1. The van der Waals surface area contributed by atoms with Crippen LogP contribution in [0.2, 0.25) is 0 Å². The van der Waals surface area contributed by atoms with Crippen LogP contribution in [0.25, 0.3) is 0 Å². The van der Waals surface area contributed by atoms with Crippen molar-refractivity contribution in [2.24, 2.45) is 0 Å². The fourth-order valence-corrected chi connectivity index (χ4v) is 4.05. The molecule has 6 nitrogen and oxygen atoms in total. The Labute approximate surface area is 160 Å². The summed E-state index contributed by atoms with van der Waals surface area (Å²) in [6, 6.07) is 3.86. The van der Waals surface area contributed by atoms with Gasteiger partial charge in [0.25, 0.3) is 0 Å². The van der Waals surface area contributed by atoms with Crippen molar-refractivity contribution in [1.82, 2.24) is 14.8 Å². The van der Waals surface area contributed by atoms with Crippen LogP contribution in [0.5, 0.6) is 0 Å². The first kappa shape index (κ1) is 18.2. The number of nitrogens with zero attached hydrogens (tertiary/aromatic N) is 4. The number of benzene rings is 1. The Hall–Kier alpha value is -2.16. The largest absolute Gasteiger partial charge is 0.341 e. The second kappa shape index (κ2) is 7.84. The topological polar surface area (TPSA) is 63.1 Å². The fourth-order valence-electron chi connectivity index (χ4n) is 3.25. The number of piperidine rings is 1. The summed E-state index contributed by atoms with van der Waals surface area (Å²) in [5.41, 5.74) is -0.416. The lowest BCUT2D eigenvalue weighted by molar-refractivity contribution is -0.113. The third-order valence-corrected chi connectivity index (χ3v) is 5.70. The highest BCUT2D eigenvalue weighted by molar-refractivity contribution is 7.99. The Morgan fingerprint density at radius 3 is 2.52 bits per heavy atom. The van der Waals surface area contributed by atoms with E-state index in [0.717, 1.165) is 56.9 Å². The molecule has 0 spiro atoms. The molecular weight excluding hydrogens is 372 g/mol. The zero-order valence-corrected chi connectivity index (χ0v) is 15.6. The van der Waals surface area contributed by atoms with Crippen molar-refractivity contribution in [2.75, 3.05) is 29.1 Å². The number of carbonyl (C=O) groups is 1. The maximum absolute atomic E-state index is 13.7. The Bertz CT molecular complexity index is 813. The van der Waals surface area contributed by atoms with Gasteiger partial charge in [0.05, 0.1) is 5.75 Å². The highest BCUT2D eigenvalue weighted by atomic mass is 32.2. The quantitative estimate of drug-likeness (QED) is 0.760. The van der Waals surface area contributed by atoms with Crippen molar-refractivity contribution in [2.45, 2.75) is 43.3 Å². The highest BCUT2D eigenvalue weighted by Gasteiger charge is 2.32. The second-order valence-corrected chi connectivity index (χ2v) is 7.81. The SMILES string of the molecule is O=C(CSc1nnc(N2CCCCC2)n1C1CC1)Nc1c(F)cccc1F. The molecule has 4 rings (SSSR count). The number of anilines is 2. The van der Waals surface area contributed by atoms with Crippen LogP contribution in [0.1, 0.15) is 38.1 Å². The Kier molecular flexibility index (Phi) is 5.29. The highest BCUT2D eigenvalue weighted by Crippen LogP contribution is 2.41. The Morgan fingerprint density at radius 2 is 1.85 bits per heavy atom. The number of para-hydroxylation sites is 1. The third-order valence-electron chi connectivity index (χ3n) is 4.76. The van der Waals surface area contributed by atoms with Crippen molar-refractivity contribution in [3.05, 3.63) is 29.8 Å². The first-order chi connectivity index (χ1) is 13.1. The maximum atomic E-state index is 13.7. The van der Waals surface area contributed by atoms with Gasteiger partial charge in [-0.05, 0) is 44.2 Å². The van der Waals surface area contributed by atoms with Crippen LogP contribution in [0, 0.1) is 11.6 Å². The molecule has 2 aliphatic rings. The molecule has 1 aromatic heterocycles. The number of hydrogen-bond acceptors (Lipinski definition) is 5. The molecule has 1 aromatic carbocycles. The second-order valence-electron chi connectivity index (χ2n) is 6.86. The number of amides is 1. The minimum atomic E-state index is -0.790. The minimum absolute atomic E-state index is 0.0125. The first-order valence-electron chi connectivity index (χ1n) is 9.20. The first-order valence-corrected chi connectivity index (χ1v) is 10.2. The lowest BCUT2D eigenvalue weighted by atomic mass is 10.1. The molecule has 2 heterocycles. The number of hydrogen-bond donors (Lipinski definition) is 1. The predicted molar refractivity (Wildman–Crippen MR) is 100 cm³/mol. The van der Waals surface area contributed by atoms with Gasteiger partial charge in [-0.1, -0.05) is 17.8 Å². The number of aromatic nitrogens is 3. The van der Waals surface area contributed by atoms with Crippen LogP contribution in [-0.4, -0.2) is 39.5 Å². The van der Waals surface area contributed by atoms with E-state index in [2.05, 4.69) is 25.0 Å². The molecule has 1 aliphatic heterocycles. The average Bonchev–Trinajstić information content (AvgIpc) is 3.43. The smallest absolute Gasteiger partial charge is 0.235 e. The van der Waals surface area contributed by atoms with E-state index in [0.29, 0.717) is 11.2 Å². The number of halogens is 2. The fraction of sp³-hybridized carbons (Fsp3) is 0.500. The number of thioether (sulfide) groups is 1. The molecule has 1 N–H and O–H groups in total. The van der Waals surface area contributed by atoms with Crippen LogP contribution in [0.15, 0.2) is 23.4 Å². The lowest BCUT2D eigenvalue weighted by Gasteiger charge is -2.27. The summed E-state index contributed by atoms with van der Waals surface area (Å²) in [6.07, 6.45) is 5.70. The zero-order valence-electron chi connectivity index (χ0n) is 14.8. The van der Waals surface area contributed by atoms with Gasteiger partial charge in [0.15, 0.2) is 5.16 Å². The minimum Gasteiger partial charge on any atom is -0.341 e. The molecule has 0 unspecified atom stereocenters. The molecule has 2 aromatic rings. The summed E-state index contributed by atoms with van der Waals surface area (Å²) >= 11 is 1.25. The average molecular weight is 393 g/mol. The summed E-state index contributed by atoms with van der Waals surface area (Å²) in [7, 11) is 0. The van der Waals surface area contributed by atoms with E-state index in [1.165, 1.54) is 24.2 Å². The van der Waals surface area contributed by atoms with Crippen molar-refractivity contribution in [3.63, 3.8) is 0 Å². The van der Waals surface area contributed by atoms with E-state index in [1.54, 1.807) is 0 Å². The summed E-state index contributed by atoms with van der Waals surface area (Å²) in [5.74, 6) is -1.17. The summed E-state index contributed by atoms with van der Waals surface area (Å²) < 4.78 is 29.5. The molecular formula is C18H21F2N5OS. The van der Waals surface area contributed by atoms with Crippen LogP contribution in [-0.2, 0) is 4.79 Å². The monoisotopic (exact) mass is 393 g/mol. The molecule has 1 saturated carbocycles. The molecule has 0 atom stereocenters. The van der Waals surface area contributed by atoms with Gasteiger partial charge < -0.3 is 10.2 Å². The lowest BCUT2D eigenvalue weighted by Crippen LogP contribution is -2.32. The molecule has 0 radical (unpaired) electrons. The van der Waals surface area contributed by atoms with E-state index in [4.69, 9.17) is 0 Å². The van der Waals surface area contributed by atoms with E-state index < -0.39 is 23.2 Å². The van der Waals surface area contributed by atoms with Gasteiger partial charge in [-0.25, -0.2) is 8.78 Å². The van der Waals surface area contributed by atoms with E-state index in [9.17, 15) is 13.6 Å². The van der Waals surface area contributed by atoms with Gasteiger partial charge >= 0.3 is 0 Å². The van der Waals surface area contributed by atoms with Crippen LogP contribution in [0.4, 0.5) is 20.4 Å². The van der Waals surface area contributed by atoms with E-state index >= 15 is 0 Å². The van der Waals surface area contributed by atoms with Crippen LogP contribution in [0.3, 0.4) is 0 Å². The molecule has 2 fully saturated rings. The van der Waals surface area contributed by atoms with Gasteiger partial charge in [-0.15, -0.1) is 10.2 Å². The van der Waals surface area contributed by atoms with Gasteiger partial charge in [0, 0.05) is 19.1 Å². The zero-order chi connectivity index (χ0) is 18.8. The molecule has 0 bridgehead atoms. The molecule has 1 saturated heterocycles. The molecule has 1 aliphatic carbocycles. The van der Waals surface area contributed by atoms with Crippen molar-refractivity contribution in [1.29, 1.82) is 0 Å². The van der Waals surface area contributed by atoms with Crippen molar-refractivity contribution < 1.29 is 13.6 Å². The standard InChI is InChI=1S/C18H21F2N5OS/c19-13-5-4-6-14(20)16(13)21-15(26)11-27-18-23-22-17(25(18)12-7-8-12)24-9-2-1-3-10-24/h4-6,12H,1-3,7-11H2,(H,21,26). The van der Waals surface area contributed by atoms with E-state index in [-0.39, 0.29) is 5.75 Å². The van der Waals surface area contributed by atoms with E-state index in [1.807, 2.05) is 0 Å². The third kappa shape index (κ3) is 4.07.